The van der Waals surface area contributed by atoms with Gasteiger partial charge in [-0.1, -0.05) is 36.4 Å². The molecule has 4 rings (SSSR count). The Morgan fingerprint density at radius 3 is 2.33 bits per heavy atom. The van der Waals surface area contributed by atoms with Gasteiger partial charge < -0.3 is 9.64 Å². The smallest absolute Gasteiger partial charge is 0.241 e. The highest BCUT2D eigenvalue weighted by Gasteiger charge is 2.26. The molecule has 0 aliphatic carbocycles. The minimum Gasteiger partial charge on any atom is -0.375 e. The molecule has 0 spiro atoms. The van der Waals surface area contributed by atoms with E-state index < -0.39 is 0 Å². The molecule has 1 fully saturated rings. The molecule has 1 unspecified atom stereocenters. The van der Waals surface area contributed by atoms with Crippen molar-refractivity contribution in [3.63, 3.8) is 0 Å². The van der Waals surface area contributed by atoms with Crippen LogP contribution in [0.15, 0.2) is 48.5 Å². The zero-order valence-electron chi connectivity index (χ0n) is 15.8. The van der Waals surface area contributed by atoms with E-state index in [1.165, 1.54) is 11.1 Å². The minimum atomic E-state index is 0.144. The number of hydrogen-bond acceptors (Lipinski definition) is 4. The summed E-state index contributed by atoms with van der Waals surface area (Å²) in [5.74, 6) is 1.46. The number of benzene rings is 2. The quantitative estimate of drug-likeness (QED) is 0.810. The molecule has 2 aromatic rings. The third-order valence-corrected chi connectivity index (χ3v) is 6.31. The number of amides is 1. The Bertz CT molecular complexity index is 763. The maximum absolute atomic E-state index is 13.2. The second kappa shape index (κ2) is 8.46. The molecule has 142 valence electrons. The van der Waals surface area contributed by atoms with Crippen molar-refractivity contribution in [1.29, 1.82) is 0 Å². The van der Waals surface area contributed by atoms with Crippen LogP contribution in [0.5, 0.6) is 0 Å². The van der Waals surface area contributed by atoms with Gasteiger partial charge in [0.05, 0.1) is 29.8 Å². The number of hydrogen-bond donors (Lipinski definition) is 0. The van der Waals surface area contributed by atoms with Gasteiger partial charge in [-0.15, -0.1) is 11.8 Å². The Morgan fingerprint density at radius 1 is 1.07 bits per heavy atom. The highest BCUT2D eigenvalue weighted by atomic mass is 32.2. The first-order chi connectivity index (χ1) is 13.2. The van der Waals surface area contributed by atoms with E-state index in [0.29, 0.717) is 5.75 Å². The SMILES string of the molecule is CN1CCOC(CSCC(=O)N2c3ccccc3CCc3ccccc32)C1. The third kappa shape index (κ3) is 4.21. The van der Waals surface area contributed by atoms with Gasteiger partial charge in [-0.05, 0) is 43.1 Å². The van der Waals surface area contributed by atoms with Crippen LogP contribution in [0.4, 0.5) is 11.4 Å². The molecule has 0 aromatic heterocycles. The van der Waals surface area contributed by atoms with Crippen molar-refractivity contribution in [3.05, 3.63) is 59.7 Å². The number of para-hydroxylation sites is 2. The molecule has 0 radical (unpaired) electrons. The number of carbonyl (C=O) groups excluding carboxylic acids is 1. The van der Waals surface area contributed by atoms with Crippen molar-refractivity contribution in [2.45, 2.75) is 18.9 Å². The molecular formula is C22H26N2O2S. The van der Waals surface area contributed by atoms with Gasteiger partial charge in [0, 0.05) is 18.8 Å². The van der Waals surface area contributed by atoms with E-state index in [4.69, 9.17) is 4.74 Å². The Kier molecular flexibility index (Phi) is 5.81. The zero-order chi connectivity index (χ0) is 18.6. The second-order valence-electron chi connectivity index (χ2n) is 7.26. The van der Waals surface area contributed by atoms with E-state index in [0.717, 1.165) is 49.7 Å². The number of likely N-dealkylation sites (N-methyl/N-ethyl adjacent to an activating group) is 1. The maximum Gasteiger partial charge on any atom is 0.241 e. The molecule has 4 nitrogen and oxygen atoms in total. The van der Waals surface area contributed by atoms with Crippen LogP contribution in [0.3, 0.4) is 0 Å². The first-order valence-electron chi connectivity index (χ1n) is 9.59. The van der Waals surface area contributed by atoms with Gasteiger partial charge in [0.25, 0.3) is 0 Å². The van der Waals surface area contributed by atoms with Gasteiger partial charge >= 0.3 is 0 Å². The van der Waals surface area contributed by atoms with Crippen molar-refractivity contribution in [3.8, 4) is 0 Å². The molecule has 1 amide bonds. The molecule has 1 atom stereocenters. The molecule has 2 aliphatic rings. The summed E-state index contributed by atoms with van der Waals surface area (Å²) in [6, 6.07) is 16.6. The summed E-state index contributed by atoms with van der Waals surface area (Å²) in [6.45, 7) is 2.71. The van der Waals surface area contributed by atoms with Gasteiger partial charge in [0.15, 0.2) is 0 Å². The monoisotopic (exact) mass is 382 g/mol. The van der Waals surface area contributed by atoms with Crippen molar-refractivity contribution < 1.29 is 9.53 Å². The van der Waals surface area contributed by atoms with Gasteiger partial charge in [-0.25, -0.2) is 0 Å². The molecule has 2 aromatic carbocycles. The summed E-state index contributed by atoms with van der Waals surface area (Å²) in [5, 5.41) is 0. The van der Waals surface area contributed by atoms with Gasteiger partial charge in [-0.2, -0.15) is 0 Å². The lowest BCUT2D eigenvalue weighted by molar-refractivity contribution is -0.115. The number of ether oxygens (including phenoxy) is 1. The van der Waals surface area contributed by atoms with Crippen molar-refractivity contribution in [2.24, 2.45) is 0 Å². The van der Waals surface area contributed by atoms with E-state index in [1.54, 1.807) is 11.8 Å². The van der Waals surface area contributed by atoms with Crippen LogP contribution in [0.1, 0.15) is 11.1 Å². The third-order valence-electron chi connectivity index (χ3n) is 5.25. The molecule has 2 aliphatic heterocycles. The molecule has 0 saturated carbocycles. The van der Waals surface area contributed by atoms with E-state index >= 15 is 0 Å². The lowest BCUT2D eigenvalue weighted by Gasteiger charge is -2.30. The first-order valence-corrected chi connectivity index (χ1v) is 10.7. The number of nitrogens with zero attached hydrogens (tertiary/aromatic N) is 2. The Morgan fingerprint density at radius 2 is 1.70 bits per heavy atom. The Balaban J connectivity index is 1.50. The van der Waals surface area contributed by atoms with Crippen LogP contribution in [-0.4, -0.2) is 55.2 Å². The van der Waals surface area contributed by atoms with Gasteiger partial charge in [0.2, 0.25) is 5.91 Å². The van der Waals surface area contributed by atoms with Gasteiger partial charge in [0.1, 0.15) is 0 Å². The number of fused-ring (bicyclic) bond motifs is 2. The fraction of sp³-hybridized carbons (Fsp3) is 0.409. The van der Waals surface area contributed by atoms with Crippen LogP contribution < -0.4 is 4.90 Å². The predicted octanol–water partition coefficient (Wildman–Crippen LogP) is 3.51. The van der Waals surface area contributed by atoms with Crippen LogP contribution in [0.2, 0.25) is 0 Å². The van der Waals surface area contributed by atoms with Crippen molar-refractivity contribution >= 4 is 29.0 Å². The van der Waals surface area contributed by atoms with Crippen LogP contribution in [-0.2, 0) is 22.4 Å². The highest BCUT2D eigenvalue weighted by Crippen LogP contribution is 2.36. The molecule has 2 heterocycles. The van der Waals surface area contributed by atoms with E-state index in [2.05, 4.69) is 48.3 Å². The number of carbonyl (C=O) groups is 1. The fourth-order valence-electron chi connectivity index (χ4n) is 3.86. The van der Waals surface area contributed by atoms with Crippen molar-refractivity contribution in [1.82, 2.24) is 4.90 Å². The number of anilines is 2. The predicted molar refractivity (Wildman–Crippen MR) is 112 cm³/mol. The molecular weight excluding hydrogens is 356 g/mol. The number of aryl methyl sites for hydroxylation is 2. The zero-order valence-corrected chi connectivity index (χ0v) is 16.6. The highest BCUT2D eigenvalue weighted by molar-refractivity contribution is 8.00. The second-order valence-corrected chi connectivity index (χ2v) is 8.29. The van der Waals surface area contributed by atoms with E-state index in [-0.39, 0.29) is 12.0 Å². The minimum absolute atomic E-state index is 0.144. The number of thioether (sulfide) groups is 1. The summed E-state index contributed by atoms with van der Waals surface area (Å²) in [7, 11) is 2.12. The fourth-order valence-corrected chi connectivity index (χ4v) is 4.74. The van der Waals surface area contributed by atoms with Crippen LogP contribution >= 0.6 is 11.8 Å². The Labute approximate surface area is 165 Å². The lowest BCUT2D eigenvalue weighted by atomic mass is 10.0. The topological polar surface area (TPSA) is 32.8 Å². The normalized spacial score (nSPS) is 19.9. The van der Waals surface area contributed by atoms with Crippen LogP contribution in [0, 0.1) is 0 Å². The van der Waals surface area contributed by atoms with Crippen molar-refractivity contribution in [2.75, 3.05) is 43.1 Å². The number of morpholine rings is 1. The summed E-state index contributed by atoms with van der Waals surface area (Å²) in [6.07, 6.45) is 2.14. The van der Waals surface area contributed by atoms with E-state index in [1.807, 2.05) is 17.0 Å². The first kappa shape index (κ1) is 18.5. The largest absolute Gasteiger partial charge is 0.375 e. The average molecular weight is 383 g/mol. The number of rotatable bonds is 4. The van der Waals surface area contributed by atoms with Crippen LogP contribution in [0.25, 0.3) is 0 Å². The van der Waals surface area contributed by atoms with E-state index in [9.17, 15) is 4.79 Å². The molecule has 27 heavy (non-hydrogen) atoms. The molecule has 1 saturated heterocycles. The van der Waals surface area contributed by atoms with Gasteiger partial charge in [-0.3, -0.25) is 9.69 Å². The maximum atomic E-state index is 13.2. The standard InChI is InChI=1S/C22H26N2O2S/c1-23-12-13-26-19(14-23)15-27-16-22(25)24-20-8-4-2-6-17(20)10-11-18-7-3-5-9-21(18)24/h2-9,19H,10-16H2,1H3. The molecule has 0 N–H and O–H groups in total. The Hall–Kier alpha value is -1.82. The summed E-state index contributed by atoms with van der Waals surface area (Å²) in [4.78, 5) is 17.5. The molecule has 0 bridgehead atoms. The average Bonchev–Trinajstić information content (AvgIpc) is 2.85. The summed E-state index contributed by atoms with van der Waals surface area (Å²) < 4.78 is 5.82. The summed E-state index contributed by atoms with van der Waals surface area (Å²) >= 11 is 1.68. The molecule has 5 heteroatoms. The summed E-state index contributed by atoms with van der Waals surface area (Å²) in [5.41, 5.74) is 4.54. The lowest BCUT2D eigenvalue weighted by Crippen LogP contribution is -2.41.